The fourth-order valence-electron chi connectivity index (χ4n) is 3.39. The quantitative estimate of drug-likeness (QED) is 0.370. The second-order valence-corrected chi connectivity index (χ2v) is 7.89. The first-order valence-corrected chi connectivity index (χ1v) is 10.5. The largest absolute Gasteiger partial charge is 0.573 e. The highest BCUT2D eigenvalue weighted by atomic mass is 35.5. The SMILES string of the molecule is Cc1cc(OC(F)(F)F)ccc1CNCC#Cc1ccc(-c2c(C)[nH]c(C)c(Cl)c2=O)cc1. The predicted octanol–water partition coefficient (Wildman–Crippen LogP) is 5.66. The summed E-state index contributed by atoms with van der Waals surface area (Å²) in [5.74, 6) is 5.81. The van der Waals surface area contributed by atoms with Gasteiger partial charge in [0.05, 0.1) is 6.54 Å². The summed E-state index contributed by atoms with van der Waals surface area (Å²) in [6.45, 7) is 6.17. The standard InChI is InChI=1S/C25H22ClF3N2O2/c1-15-13-21(33-25(27,28)29)11-10-20(15)14-30-12-4-5-18-6-8-19(9-7-18)22-16(2)31-17(3)23(26)24(22)32/h6-11,13,30H,12,14H2,1-3H3,(H,31,32). The van der Waals surface area contributed by atoms with E-state index in [1.54, 1.807) is 19.9 Å². The van der Waals surface area contributed by atoms with E-state index in [1.165, 1.54) is 12.1 Å². The smallest absolute Gasteiger partial charge is 0.406 e. The second-order valence-electron chi connectivity index (χ2n) is 7.51. The van der Waals surface area contributed by atoms with Gasteiger partial charge in [-0.3, -0.25) is 4.79 Å². The number of aromatic amines is 1. The van der Waals surface area contributed by atoms with E-state index in [2.05, 4.69) is 26.9 Å². The number of benzene rings is 2. The van der Waals surface area contributed by atoms with Crippen LogP contribution in [-0.4, -0.2) is 17.9 Å². The summed E-state index contributed by atoms with van der Waals surface area (Å²) in [7, 11) is 0. The highest BCUT2D eigenvalue weighted by Crippen LogP contribution is 2.25. The minimum Gasteiger partial charge on any atom is -0.406 e. The second kappa shape index (κ2) is 10.2. The number of pyridine rings is 1. The molecule has 0 saturated heterocycles. The van der Waals surface area contributed by atoms with Crippen LogP contribution in [0.2, 0.25) is 5.02 Å². The van der Waals surface area contributed by atoms with Crippen molar-refractivity contribution in [3.63, 3.8) is 0 Å². The molecule has 0 amide bonds. The Hall–Kier alpha value is -3.21. The molecule has 0 fully saturated rings. The fraction of sp³-hybridized carbons (Fsp3) is 0.240. The molecule has 0 saturated carbocycles. The van der Waals surface area contributed by atoms with Gasteiger partial charge in [-0.15, -0.1) is 13.2 Å². The molecule has 2 N–H and O–H groups in total. The molecule has 33 heavy (non-hydrogen) atoms. The van der Waals surface area contributed by atoms with E-state index >= 15 is 0 Å². The van der Waals surface area contributed by atoms with Gasteiger partial charge < -0.3 is 15.0 Å². The van der Waals surface area contributed by atoms with Crippen LogP contribution in [0.5, 0.6) is 5.75 Å². The van der Waals surface area contributed by atoms with Crippen LogP contribution in [0, 0.1) is 32.6 Å². The number of hydrogen-bond donors (Lipinski definition) is 2. The average Bonchev–Trinajstić information content (AvgIpc) is 2.73. The number of rotatable bonds is 5. The van der Waals surface area contributed by atoms with E-state index in [1.807, 2.05) is 31.2 Å². The molecule has 0 spiro atoms. The van der Waals surface area contributed by atoms with Gasteiger partial charge >= 0.3 is 6.36 Å². The van der Waals surface area contributed by atoms with E-state index in [0.717, 1.165) is 22.4 Å². The average molecular weight is 475 g/mol. The minimum atomic E-state index is -4.71. The van der Waals surface area contributed by atoms with Crippen LogP contribution in [0.25, 0.3) is 11.1 Å². The molecule has 0 unspecified atom stereocenters. The van der Waals surface area contributed by atoms with Crippen molar-refractivity contribution in [2.24, 2.45) is 0 Å². The molecule has 0 aliphatic carbocycles. The van der Waals surface area contributed by atoms with Gasteiger partial charge in [-0.2, -0.15) is 0 Å². The number of ether oxygens (including phenoxy) is 1. The van der Waals surface area contributed by atoms with Gasteiger partial charge in [0.15, 0.2) is 0 Å². The van der Waals surface area contributed by atoms with Crippen molar-refractivity contribution in [2.45, 2.75) is 33.7 Å². The van der Waals surface area contributed by atoms with E-state index in [4.69, 9.17) is 11.6 Å². The number of aryl methyl sites for hydroxylation is 3. The topological polar surface area (TPSA) is 54.1 Å². The van der Waals surface area contributed by atoms with Crippen molar-refractivity contribution in [1.82, 2.24) is 10.3 Å². The van der Waals surface area contributed by atoms with Crippen molar-refractivity contribution in [1.29, 1.82) is 0 Å². The van der Waals surface area contributed by atoms with Crippen LogP contribution < -0.4 is 15.5 Å². The predicted molar refractivity (Wildman–Crippen MR) is 123 cm³/mol. The monoisotopic (exact) mass is 474 g/mol. The fourth-order valence-corrected chi connectivity index (χ4v) is 3.53. The maximum absolute atomic E-state index is 12.5. The normalized spacial score (nSPS) is 11.1. The molecule has 2 aromatic carbocycles. The lowest BCUT2D eigenvalue weighted by Crippen LogP contribution is -2.18. The van der Waals surface area contributed by atoms with E-state index in [-0.39, 0.29) is 16.2 Å². The minimum absolute atomic E-state index is 0.184. The maximum Gasteiger partial charge on any atom is 0.573 e. The van der Waals surface area contributed by atoms with E-state index < -0.39 is 6.36 Å². The number of halogens is 4. The third-order valence-corrected chi connectivity index (χ3v) is 5.44. The van der Waals surface area contributed by atoms with Crippen LogP contribution in [0.1, 0.15) is 28.1 Å². The summed E-state index contributed by atoms with van der Waals surface area (Å²) in [5.41, 5.74) is 4.81. The summed E-state index contributed by atoms with van der Waals surface area (Å²) >= 11 is 6.10. The molecule has 3 aromatic rings. The summed E-state index contributed by atoms with van der Waals surface area (Å²) in [4.78, 5) is 15.6. The maximum atomic E-state index is 12.5. The van der Waals surface area contributed by atoms with Gasteiger partial charge in [0.2, 0.25) is 5.43 Å². The Balaban J connectivity index is 1.59. The van der Waals surface area contributed by atoms with Crippen LogP contribution in [0.3, 0.4) is 0 Å². The van der Waals surface area contributed by atoms with Crippen molar-refractivity contribution < 1.29 is 17.9 Å². The molecule has 0 radical (unpaired) electrons. The van der Waals surface area contributed by atoms with E-state index in [0.29, 0.717) is 29.9 Å². The highest BCUT2D eigenvalue weighted by molar-refractivity contribution is 6.31. The Labute approximate surface area is 194 Å². The Morgan fingerprint density at radius 1 is 1.06 bits per heavy atom. The van der Waals surface area contributed by atoms with Crippen molar-refractivity contribution in [3.8, 4) is 28.7 Å². The van der Waals surface area contributed by atoms with Crippen molar-refractivity contribution in [3.05, 3.63) is 85.8 Å². The molecule has 1 aromatic heterocycles. The Kier molecular flexibility index (Phi) is 7.52. The third-order valence-electron chi connectivity index (χ3n) is 4.99. The summed E-state index contributed by atoms with van der Waals surface area (Å²) in [5, 5.41) is 3.33. The zero-order valence-electron chi connectivity index (χ0n) is 18.3. The molecule has 8 heteroatoms. The van der Waals surface area contributed by atoms with E-state index in [9.17, 15) is 18.0 Å². The number of aromatic nitrogens is 1. The Morgan fingerprint density at radius 2 is 1.76 bits per heavy atom. The Bertz CT molecular complexity index is 1270. The molecule has 4 nitrogen and oxygen atoms in total. The molecule has 0 aliphatic rings. The summed E-state index contributed by atoms with van der Waals surface area (Å²) in [6.07, 6.45) is -4.71. The molecule has 3 rings (SSSR count). The first-order chi connectivity index (χ1) is 15.5. The van der Waals surface area contributed by atoms with Gasteiger partial charge in [-0.25, -0.2) is 0 Å². The van der Waals surface area contributed by atoms with Gasteiger partial charge in [0.1, 0.15) is 10.8 Å². The van der Waals surface area contributed by atoms with Crippen molar-refractivity contribution >= 4 is 11.6 Å². The summed E-state index contributed by atoms with van der Waals surface area (Å²) < 4.78 is 40.8. The lowest BCUT2D eigenvalue weighted by Gasteiger charge is -2.11. The van der Waals surface area contributed by atoms with Crippen LogP contribution in [-0.2, 0) is 6.54 Å². The number of alkyl halides is 3. The lowest BCUT2D eigenvalue weighted by molar-refractivity contribution is -0.274. The molecule has 172 valence electrons. The molecule has 0 atom stereocenters. The highest BCUT2D eigenvalue weighted by Gasteiger charge is 2.31. The van der Waals surface area contributed by atoms with Crippen LogP contribution >= 0.6 is 11.6 Å². The molecule has 1 heterocycles. The molecule has 0 bridgehead atoms. The first-order valence-electron chi connectivity index (χ1n) is 10.1. The zero-order valence-corrected chi connectivity index (χ0v) is 19.0. The van der Waals surface area contributed by atoms with Crippen LogP contribution in [0.4, 0.5) is 13.2 Å². The number of hydrogen-bond acceptors (Lipinski definition) is 3. The van der Waals surface area contributed by atoms with Crippen LogP contribution in [0.15, 0.2) is 47.3 Å². The molecular formula is C25H22ClF3N2O2. The summed E-state index contributed by atoms with van der Waals surface area (Å²) in [6, 6.07) is 11.6. The van der Waals surface area contributed by atoms with Gasteiger partial charge in [-0.1, -0.05) is 41.6 Å². The first kappa shape index (κ1) is 24.4. The van der Waals surface area contributed by atoms with Crippen molar-refractivity contribution in [2.75, 3.05) is 6.54 Å². The number of H-pyrrole nitrogens is 1. The van der Waals surface area contributed by atoms with Gasteiger partial charge in [0.25, 0.3) is 0 Å². The Morgan fingerprint density at radius 3 is 2.39 bits per heavy atom. The van der Waals surface area contributed by atoms with Gasteiger partial charge in [0, 0.05) is 29.1 Å². The zero-order chi connectivity index (χ0) is 24.2. The lowest BCUT2D eigenvalue weighted by atomic mass is 10.0. The molecule has 0 aliphatic heterocycles. The molecular weight excluding hydrogens is 453 g/mol. The van der Waals surface area contributed by atoms with Gasteiger partial charge in [-0.05, 0) is 61.7 Å². The number of nitrogens with one attached hydrogen (secondary N) is 2. The third kappa shape index (κ3) is 6.41.